The van der Waals surface area contributed by atoms with Crippen LogP contribution >= 0.6 is 15.9 Å². The summed E-state index contributed by atoms with van der Waals surface area (Å²) in [6.07, 6.45) is 3.93. The van der Waals surface area contributed by atoms with Crippen molar-refractivity contribution in [3.63, 3.8) is 0 Å². The van der Waals surface area contributed by atoms with Gasteiger partial charge in [-0.3, -0.25) is 4.68 Å². The van der Waals surface area contributed by atoms with Crippen LogP contribution in [-0.2, 0) is 16.4 Å². The molecule has 0 aliphatic heterocycles. The van der Waals surface area contributed by atoms with E-state index in [1.807, 2.05) is 11.6 Å². The molecule has 1 unspecified atom stereocenters. The fraction of sp³-hybridized carbons (Fsp3) is 0.727. The number of hydrogen-bond acceptors (Lipinski definition) is 4. The Morgan fingerprint density at radius 3 is 2.67 bits per heavy atom. The van der Waals surface area contributed by atoms with Gasteiger partial charge in [-0.25, -0.2) is 8.42 Å². The molecule has 0 spiro atoms. The van der Waals surface area contributed by atoms with E-state index in [2.05, 4.69) is 33.3 Å². The zero-order valence-electron chi connectivity index (χ0n) is 11.0. The fourth-order valence-electron chi connectivity index (χ4n) is 1.89. The van der Waals surface area contributed by atoms with Crippen molar-refractivity contribution in [2.45, 2.75) is 32.9 Å². The minimum absolute atomic E-state index is 0.0782. The molecule has 0 bridgehead atoms. The van der Waals surface area contributed by atoms with Gasteiger partial charge in [0.05, 0.1) is 28.2 Å². The van der Waals surface area contributed by atoms with Gasteiger partial charge in [0, 0.05) is 12.8 Å². The summed E-state index contributed by atoms with van der Waals surface area (Å²) in [5, 5.41) is 7.48. The van der Waals surface area contributed by atoms with Crippen molar-refractivity contribution in [2.24, 2.45) is 0 Å². The second-order valence-electron chi connectivity index (χ2n) is 4.30. The standard InChI is InChI=1S/C11H20BrN3O2S/c1-4-6-15-11(9(12)7-14-15)10(13-5-2)8-18(3,16)17/h7,10,13H,4-6,8H2,1-3H3. The maximum Gasteiger partial charge on any atom is 0.149 e. The summed E-state index contributed by atoms with van der Waals surface area (Å²) in [5.74, 6) is 0.0782. The predicted octanol–water partition coefficient (Wildman–Crippen LogP) is 1.75. The Hall–Kier alpha value is -0.400. The highest BCUT2D eigenvalue weighted by Crippen LogP contribution is 2.24. The van der Waals surface area contributed by atoms with Crippen molar-refractivity contribution >= 4 is 25.8 Å². The van der Waals surface area contributed by atoms with Crippen LogP contribution in [-0.4, -0.2) is 36.8 Å². The molecule has 0 radical (unpaired) electrons. The van der Waals surface area contributed by atoms with E-state index >= 15 is 0 Å². The van der Waals surface area contributed by atoms with Gasteiger partial charge in [-0.15, -0.1) is 0 Å². The van der Waals surface area contributed by atoms with Gasteiger partial charge in [0.15, 0.2) is 0 Å². The van der Waals surface area contributed by atoms with E-state index in [9.17, 15) is 8.42 Å². The van der Waals surface area contributed by atoms with E-state index in [1.54, 1.807) is 6.20 Å². The van der Waals surface area contributed by atoms with Crippen LogP contribution in [0, 0.1) is 0 Å². The van der Waals surface area contributed by atoms with Crippen LogP contribution in [0.25, 0.3) is 0 Å². The zero-order chi connectivity index (χ0) is 13.8. The molecule has 1 N–H and O–H groups in total. The van der Waals surface area contributed by atoms with Gasteiger partial charge < -0.3 is 5.32 Å². The lowest BCUT2D eigenvalue weighted by Crippen LogP contribution is -2.30. The lowest BCUT2D eigenvalue weighted by molar-refractivity contribution is 0.498. The van der Waals surface area contributed by atoms with Crippen LogP contribution < -0.4 is 5.32 Å². The fourth-order valence-corrected chi connectivity index (χ4v) is 3.35. The summed E-state index contributed by atoms with van der Waals surface area (Å²) in [6.45, 7) is 5.53. The average molecular weight is 338 g/mol. The zero-order valence-corrected chi connectivity index (χ0v) is 13.4. The minimum Gasteiger partial charge on any atom is -0.308 e. The normalized spacial score (nSPS) is 13.8. The molecular formula is C11H20BrN3O2S. The van der Waals surface area contributed by atoms with E-state index in [4.69, 9.17) is 0 Å². The molecule has 18 heavy (non-hydrogen) atoms. The molecule has 0 fully saturated rings. The summed E-state index contributed by atoms with van der Waals surface area (Å²) < 4.78 is 25.7. The number of nitrogens with one attached hydrogen (secondary N) is 1. The van der Waals surface area contributed by atoms with Crippen LogP contribution in [0.1, 0.15) is 32.0 Å². The number of hydrogen-bond donors (Lipinski definition) is 1. The van der Waals surface area contributed by atoms with Crippen LogP contribution in [0.4, 0.5) is 0 Å². The van der Waals surface area contributed by atoms with E-state index < -0.39 is 9.84 Å². The molecule has 1 aromatic rings. The van der Waals surface area contributed by atoms with Crippen LogP contribution in [0.5, 0.6) is 0 Å². The lowest BCUT2D eigenvalue weighted by Gasteiger charge is -2.19. The molecule has 0 saturated heterocycles. The van der Waals surface area contributed by atoms with E-state index in [0.29, 0.717) is 6.54 Å². The van der Waals surface area contributed by atoms with E-state index in [-0.39, 0.29) is 11.8 Å². The van der Waals surface area contributed by atoms with Gasteiger partial charge in [-0.2, -0.15) is 5.10 Å². The van der Waals surface area contributed by atoms with Crippen molar-refractivity contribution in [1.82, 2.24) is 15.1 Å². The molecule has 0 amide bonds. The van der Waals surface area contributed by atoms with Crippen LogP contribution in [0.2, 0.25) is 0 Å². The number of nitrogens with zero attached hydrogens (tertiary/aromatic N) is 2. The van der Waals surface area contributed by atoms with Gasteiger partial charge in [-0.05, 0) is 28.9 Å². The Kier molecular flexibility index (Phi) is 5.81. The Labute approximate surface area is 117 Å². The summed E-state index contributed by atoms with van der Waals surface area (Å²) >= 11 is 3.45. The smallest absolute Gasteiger partial charge is 0.149 e. The van der Waals surface area contributed by atoms with Gasteiger partial charge in [0.2, 0.25) is 0 Å². The van der Waals surface area contributed by atoms with Gasteiger partial charge in [0.25, 0.3) is 0 Å². The van der Waals surface area contributed by atoms with Crippen LogP contribution in [0.3, 0.4) is 0 Å². The molecule has 1 aromatic heterocycles. The van der Waals surface area contributed by atoms with Crippen LogP contribution in [0.15, 0.2) is 10.7 Å². The van der Waals surface area contributed by atoms with Gasteiger partial charge in [-0.1, -0.05) is 13.8 Å². The monoisotopic (exact) mass is 337 g/mol. The van der Waals surface area contributed by atoms with Crippen molar-refractivity contribution in [1.29, 1.82) is 0 Å². The Morgan fingerprint density at radius 1 is 1.50 bits per heavy atom. The highest BCUT2D eigenvalue weighted by molar-refractivity contribution is 9.10. The first kappa shape index (κ1) is 15.7. The SMILES string of the molecule is CCCn1ncc(Br)c1C(CS(C)(=O)=O)NCC. The Balaban J connectivity index is 3.08. The molecule has 0 aliphatic carbocycles. The number of halogens is 1. The predicted molar refractivity (Wildman–Crippen MR) is 76.3 cm³/mol. The number of sulfone groups is 1. The van der Waals surface area contributed by atoms with E-state index in [0.717, 1.165) is 23.1 Å². The minimum atomic E-state index is -3.04. The van der Waals surface area contributed by atoms with Crippen molar-refractivity contribution < 1.29 is 8.42 Å². The molecule has 1 atom stereocenters. The van der Waals surface area contributed by atoms with Crippen molar-refractivity contribution in [3.8, 4) is 0 Å². The quantitative estimate of drug-likeness (QED) is 0.823. The molecule has 5 nitrogen and oxygen atoms in total. The first-order chi connectivity index (χ1) is 8.39. The second-order valence-corrected chi connectivity index (χ2v) is 7.34. The molecule has 1 heterocycles. The summed E-state index contributed by atoms with van der Waals surface area (Å²) in [5.41, 5.74) is 0.907. The molecule has 0 aliphatic rings. The average Bonchev–Trinajstić information content (AvgIpc) is 2.58. The molecule has 0 saturated carbocycles. The van der Waals surface area contributed by atoms with Crippen molar-refractivity contribution in [2.75, 3.05) is 18.6 Å². The third kappa shape index (κ3) is 4.37. The number of aryl methyl sites for hydroxylation is 1. The number of rotatable bonds is 7. The molecule has 1 rings (SSSR count). The lowest BCUT2D eigenvalue weighted by atomic mass is 10.2. The van der Waals surface area contributed by atoms with Crippen molar-refractivity contribution in [3.05, 3.63) is 16.4 Å². The largest absolute Gasteiger partial charge is 0.308 e. The Bertz CT molecular complexity index is 484. The first-order valence-corrected chi connectivity index (χ1v) is 8.86. The van der Waals surface area contributed by atoms with Gasteiger partial charge in [0.1, 0.15) is 9.84 Å². The number of aromatic nitrogens is 2. The Morgan fingerprint density at radius 2 is 2.17 bits per heavy atom. The third-order valence-electron chi connectivity index (χ3n) is 2.52. The van der Waals surface area contributed by atoms with E-state index in [1.165, 1.54) is 6.26 Å². The maximum atomic E-state index is 11.5. The topological polar surface area (TPSA) is 64.0 Å². The summed E-state index contributed by atoms with van der Waals surface area (Å²) in [7, 11) is -3.04. The molecule has 104 valence electrons. The highest BCUT2D eigenvalue weighted by Gasteiger charge is 2.23. The van der Waals surface area contributed by atoms with Gasteiger partial charge >= 0.3 is 0 Å². The summed E-state index contributed by atoms with van der Waals surface area (Å²) in [4.78, 5) is 0. The third-order valence-corrected chi connectivity index (χ3v) is 4.07. The first-order valence-electron chi connectivity index (χ1n) is 6.01. The molecule has 0 aromatic carbocycles. The highest BCUT2D eigenvalue weighted by atomic mass is 79.9. The molecular weight excluding hydrogens is 318 g/mol. The summed E-state index contributed by atoms with van der Waals surface area (Å²) in [6, 6.07) is -0.228. The second kappa shape index (κ2) is 6.68. The maximum absolute atomic E-state index is 11.5. The molecule has 7 heteroatoms.